The van der Waals surface area contributed by atoms with E-state index in [1.165, 1.54) is 18.3 Å². The lowest BCUT2D eigenvalue weighted by molar-refractivity contribution is -0.384. The third-order valence-corrected chi connectivity index (χ3v) is 12.8. The second-order valence-corrected chi connectivity index (χ2v) is 17.1. The number of rotatable bonds is 12. The lowest BCUT2D eigenvalue weighted by Crippen LogP contribution is -2.37. The molecule has 0 spiro atoms. The van der Waals surface area contributed by atoms with Crippen molar-refractivity contribution in [1.82, 2.24) is 4.98 Å². The van der Waals surface area contributed by atoms with Crippen molar-refractivity contribution in [2.24, 2.45) is 35.5 Å². The van der Waals surface area contributed by atoms with E-state index < -0.39 is 24.3 Å². The molecule has 0 bridgehead atoms. The van der Waals surface area contributed by atoms with Gasteiger partial charge in [-0.15, -0.1) is 0 Å². The second kappa shape index (κ2) is 16.4. The van der Waals surface area contributed by atoms with Crippen molar-refractivity contribution in [1.29, 1.82) is 0 Å². The van der Waals surface area contributed by atoms with Crippen LogP contribution in [0.1, 0.15) is 102 Å². The van der Waals surface area contributed by atoms with E-state index in [2.05, 4.69) is 46.5 Å². The number of nitro benzene ring substituents is 1. The number of nitrogens with zero attached hydrogens (tertiary/aromatic N) is 3. The van der Waals surface area contributed by atoms with Crippen molar-refractivity contribution in [3.05, 3.63) is 64.0 Å². The first kappa shape index (κ1) is 37.4. The highest BCUT2D eigenvalue weighted by Crippen LogP contribution is 2.66. The van der Waals surface area contributed by atoms with Gasteiger partial charge in [-0.3, -0.25) is 19.7 Å². The molecule has 1 aliphatic heterocycles. The Hall–Kier alpha value is -2.85. The molecule has 0 radical (unpaired) electrons. The Morgan fingerprint density at radius 2 is 1.55 bits per heavy atom. The molecule has 7 atom stereocenters. The molecule has 3 fully saturated rings. The maximum Gasteiger partial charge on any atom is 0.376 e. The fraction of sp³-hybridized carbons (Fsp3) is 0.676. The van der Waals surface area contributed by atoms with Crippen molar-refractivity contribution in [2.75, 3.05) is 31.2 Å². The summed E-state index contributed by atoms with van der Waals surface area (Å²) in [5.74, 6) is -0.662. The van der Waals surface area contributed by atoms with Gasteiger partial charge in [-0.1, -0.05) is 60.5 Å². The predicted octanol–water partition coefficient (Wildman–Crippen LogP) is 8.83. The van der Waals surface area contributed by atoms with Crippen LogP contribution in [0.2, 0.25) is 0 Å². The standard InChI is InChI=1S/C37H54N3O8P/c1-24(2)30-12-9-26(5)20-34(30)47-49(44,48-35-21-27(6)10-13-31(35)25(3)4)37(29-8-7-15-38-23-29)46-36(41)28-11-14-32(33(22-28)40(42)43)39-16-18-45-19-17-39/h7-8,11,14-15,22-27,30-31,34-35,37H,9-10,12-13,16-21H2,1-6H3/t26-,27-,30-,31-,34-,35-,37-/m1/s1. The molecular formula is C37H54N3O8P. The van der Waals surface area contributed by atoms with Gasteiger partial charge in [-0.05, 0) is 79.4 Å². The summed E-state index contributed by atoms with van der Waals surface area (Å²) in [6.07, 6.45) is 7.82. The third-order valence-electron chi connectivity index (χ3n) is 10.7. The van der Waals surface area contributed by atoms with Gasteiger partial charge < -0.3 is 23.4 Å². The van der Waals surface area contributed by atoms with Crippen LogP contribution in [0.5, 0.6) is 0 Å². The molecule has 2 heterocycles. The molecule has 5 rings (SSSR count). The summed E-state index contributed by atoms with van der Waals surface area (Å²) < 4.78 is 40.9. The van der Waals surface area contributed by atoms with Gasteiger partial charge >= 0.3 is 13.6 Å². The summed E-state index contributed by atoms with van der Waals surface area (Å²) in [5.41, 5.74) is 0.551. The Labute approximate surface area is 291 Å². The minimum absolute atomic E-state index is 0.0261. The topological polar surface area (TPSA) is 130 Å². The van der Waals surface area contributed by atoms with Crippen LogP contribution in [0.15, 0.2) is 42.7 Å². The van der Waals surface area contributed by atoms with Crippen LogP contribution < -0.4 is 4.90 Å². The summed E-state index contributed by atoms with van der Waals surface area (Å²) in [4.78, 5) is 31.9. The Bertz CT molecular complexity index is 1430. The van der Waals surface area contributed by atoms with Crippen LogP contribution in [0.3, 0.4) is 0 Å². The Kier molecular flexibility index (Phi) is 12.6. The number of hydrogen-bond donors (Lipinski definition) is 0. The molecule has 0 amide bonds. The minimum Gasteiger partial charge on any atom is -0.441 e. The predicted molar refractivity (Wildman–Crippen MR) is 189 cm³/mol. The number of pyridine rings is 1. The Morgan fingerprint density at radius 3 is 2.06 bits per heavy atom. The number of esters is 1. The Balaban J connectivity index is 1.55. The zero-order chi connectivity index (χ0) is 35.3. The highest BCUT2D eigenvalue weighted by atomic mass is 31.2. The summed E-state index contributed by atoms with van der Waals surface area (Å²) in [5, 5.41) is 12.2. The van der Waals surface area contributed by atoms with E-state index in [0.717, 1.165) is 25.7 Å². The molecule has 2 saturated carbocycles. The first-order valence-electron chi connectivity index (χ1n) is 18.0. The van der Waals surface area contributed by atoms with Crippen molar-refractivity contribution in [3.8, 4) is 0 Å². The molecule has 1 aromatic heterocycles. The van der Waals surface area contributed by atoms with Gasteiger partial charge in [0.25, 0.3) is 5.69 Å². The summed E-state index contributed by atoms with van der Waals surface area (Å²) in [6.45, 7) is 14.9. The van der Waals surface area contributed by atoms with E-state index >= 15 is 4.57 Å². The largest absolute Gasteiger partial charge is 0.441 e. The summed E-state index contributed by atoms with van der Waals surface area (Å²) in [6, 6.07) is 7.72. The van der Waals surface area contributed by atoms with Crippen molar-refractivity contribution < 1.29 is 32.8 Å². The number of carbonyl (C=O) groups excluding carboxylic acids is 1. The zero-order valence-electron chi connectivity index (χ0n) is 29.9. The second-order valence-electron chi connectivity index (χ2n) is 15.1. The first-order chi connectivity index (χ1) is 23.4. The van der Waals surface area contributed by atoms with E-state index in [-0.39, 0.29) is 47.1 Å². The molecule has 1 aromatic carbocycles. The highest BCUT2D eigenvalue weighted by Gasteiger charge is 2.49. The first-order valence-corrected chi connectivity index (χ1v) is 19.7. The van der Waals surface area contributed by atoms with E-state index in [4.69, 9.17) is 18.5 Å². The van der Waals surface area contributed by atoms with Crippen LogP contribution in [0.4, 0.5) is 11.4 Å². The molecule has 270 valence electrons. The number of nitro groups is 1. The number of aromatic nitrogens is 1. The minimum atomic E-state index is -4.27. The van der Waals surface area contributed by atoms with E-state index in [0.29, 0.717) is 62.2 Å². The van der Waals surface area contributed by atoms with E-state index in [9.17, 15) is 14.9 Å². The normalized spacial score (nSPS) is 27.2. The maximum absolute atomic E-state index is 15.7. The van der Waals surface area contributed by atoms with Gasteiger partial charge in [0.2, 0.25) is 5.85 Å². The summed E-state index contributed by atoms with van der Waals surface area (Å²) >= 11 is 0. The molecule has 49 heavy (non-hydrogen) atoms. The number of morpholine rings is 1. The third kappa shape index (κ3) is 9.09. The average molecular weight is 700 g/mol. The number of benzene rings is 1. The number of carbonyl (C=O) groups is 1. The fourth-order valence-electron chi connectivity index (χ4n) is 7.86. The number of ether oxygens (including phenoxy) is 2. The quantitative estimate of drug-likeness (QED) is 0.0917. The lowest BCUT2D eigenvalue weighted by Gasteiger charge is -2.43. The van der Waals surface area contributed by atoms with Gasteiger partial charge in [0.05, 0.1) is 35.9 Å². The fourth-order valence-corrected chi connectivity index (χ4v) is 10.1. The van der Waals surface area contributed by atoms with Gasteiger partial charge in [0, 0.05) is 37.1 Å². The monoisotopic (exact) mass is 699 g/mol. The molecule has 1 saturated heterocycles. The number of hydrogen-bond acceptors (Lipinski definition) is 10. The van der Waals surface area contributed by atoms with Gasteiger partial charge in [-0.2, -0.15) is 0 Å². The van der Waals surface area contributed by atoms with Gasteiger partial charge in [0.1, 0.15) is 5.69 Å². The van der Waals surface area contributed by atoms with Crippen molar-refractivity contribution in [3.63, 3.8) is 0 Å². The SMILES string of the molecule is CC(C)[C@H]1CC[C@@H](C)C[C@H]1OP(=O)(O[C@@H]1C[C@H](C)CC[C@@H]1C(C)C)[C@@H](OC(=O)c1ccc(N2CCOCC2)c([N+](=O)[O-])c1)c1cccnc1. The molecule has 0 N–H and O–H groups in total. The van der Waals surface area contributed by atoms with Gasteiger partial charge in [0.15, 0.2) is 0 Å². The molecule has 2 aromatic rings. The van der Waals surface area contributed by atoms with E-state index in [1.54, 1.807) is 24.4 Å². The molecule has 3 aliphatic rings. The van der Waals surface area contributed by atoms with Gasteiger partial charge in [-0.25, -0.2) is 4.79 Å². The van der Waals surface area contributed by atoms with Crippen LogP contribution in [-0.4, -0.2) is 54.4 Å². The van der Waals surface area contributed by atoms with Crippen LogP contribution in [0, 0.1) is 45.6 Å². The van der Waals surface area contributed by atoms with Crippen molar-refractivity contribution in [2.45, 2.75) is 98.1 Å². The number of anilines is 1. The van der Waals surface area contributed by atoms with Crippen LogP contribution >= 0.6 is 7.60 Å². The molecular weight excluding hydrogens is 645 g/mol. The molecule has 0 unspecified atom stereocenters. The lowest BCUT2D eigenvalue weighted by atomic mass is 9.75. The summed E-state index contributed by atoms with van der Waals surface area (Å²) in [7, 11) is -4.27. The Morgan fingerprint density at radius 1 is 0.959 bits per heavy atom. The highest BCUT2D eigenvalue weighted by molar-refractivity contribution is 7.54. The van der Waals surface area contributed by atoms with E-state index in [1.807, 2.05) is 4.90 Å². The maximum atomic E-state index is 15.7. The smallest absolute Gasteiger partial charge is 0.376 e. The van der Waals surface area contributed by atoms with Crippen LogP contribution in [-0.2, 0) is 23.1 Å². The molecule has 2 aliphatic carbocycles. The van der Waals surface area contributed by atoms with Crippen LogP contribution in [0.25, 0.3) is 0 Å². The zero-order valence-corrected chi connectivity index (χ0v) is 30.8. The molecule has 11 nitrogen and oxygen atoms in total. The van der Waals surface area contributed by atoms with Crippen molar-refractivity contribution >= 4 is 24.9 Å². The molecule has 12 heteroatoms. The average Bonchev–Trinajstić information content (AvgIpc) is 3.07.